The fourth-order valence-electron chi connectivity index (χ4n) is 2.67. The van der Waals surface area contributed by atoms with E-state index in [4.69, 9.17) is 9.47 Å². The molecule has 1 aliphatic rings. The van der Waals surface area contributed by atoms with Gasteiger partial charge in [0.1, 0.15) is 6.61 Å². The smallest absolute Gasteiger partial charge is 0.228 e. The summed E-state index contributed by atoms with van der Waals surface area (Å²) in [5.41, 5.74) is 1.69. The van der Waals surface area contributed by atoms with Crippen LogP contribution in [0.3, 0.4) is 0 Å². The number of fused-ring (bicyclic) bond motifs is 1. The van der Waals surface area contributed by atoms with Crippen molar-refractivity contribution in [2.45, 2.75) is 19.1 Å². The Morgan fingerprint density at radius 1 is 1.32 bits per heavy atom. The highest BCUT2D eigenvalue weighted by molar-refractivity contribution is 7.08. The van der Waals surface area contributed by atoms with Crippen LogP contribution in [0, 0.1) is 0 Å². The van der Waals surface area contributed by atoms with Gasteiger partial charge < -0.3 is 14.8 Å². The first-order valence-electron chi connectivity index (χ1n) is 7.98. The lowest BCUT2D eigenvalue weighted by Crippen LogP contribution is -2.33. The topological polar surface area (TPSA) is 65.4 Å². The van der Waals surface area contributed by atoms with Gasteiger partial charge in [0.05, 0.1) is 24.8 Å². The van der Waals surface area contributed by atoms with Gasteiger partial charge in [-0.3, -0.25) is 9.48 Å². The number of amides is 1. The molecule has 25 heavy (non-hydrogen) atoms. The van der Waals surface area contributed by atoms with Gasteiger partial charge in [0.25, 0.3) is 0 Å². The summed E-state index contributed by atoms with van der Waals surface area (Å²) >= 11 is 1.58. The molecular formula is C18H17N3O3S. The van der Waals surface area contributed by atoms with Crippen molar-refractivity contribution in [1.29, 1.82) is 0 Å². The summed E-state index contributed by atoms with van der Waals surface area (Å²) in [6.07, 6.45) is 3.69. The summed E-state index contributed by atoms with van der Waals surface area (Å²) in [5.74, 6) is 1.46. The monoisotopic (exact) mass is 355 g/mol. The predicted molar refractivity (Wildman–Crippen MR) is 95.2 cm³/mol. The number of carbonyl (C=O) groups excluding carboxylic acids is 1. The number of nitrogens with one attached hydrogen (secondary N) is 1. The van der Waals surface area contributed by atoms with Gasteiger partial charge in [0.2, 0.25) is 5.91 Å². The maximum atomic E-state index is 12.0. The molecule has 4 rings (SSSR count). The van der Waals surface area contributed by atoms with E-state index in [0.717, 1.165) is 17.1 Å². The first-order valence-corrected chi connectivity index (χ1v) is 8.92. The van der Waals surface area contributed by atoms with E-state index in [1.807, 2.05) is 41.1 Å². The van der Waals surface area contributed by atoms with Crippen LogP contribution in [-0.2, 0) is 17.8 Å². The van der Waals surface area contributed by atoms with Gasteiger partial charge in [0.15, 0.2) is 17.6 Å². The number of thiophene rings is 1. The fourth-order valence-corrected chi connectivity index (χ4v) is 3.34. The summed E-state index contributed by atoms with van der Waals surface area (Å²) in [7, 11) is 0. The number of para-hydroxylation sites is 2. The van der Waals surface area contributed by atoms with Crippen molar-refractivity contribution in [3.63, 3.8) is 0 Å². The summed E-state index contributed by atoms with van der Waals surface area (Å²) < 4.78 is 13.4. The van der Waals surface area contributed by atoms with E-state index in [1.54, 1.807) is 28.4 Å². The van der Waals surface area contributed by atoms with Crippen molar-refractivity contribution in [1.82, 2.24) is 9.78 Å². The summed E-state index contributed by atoms with van der Waals surface area (Å²) in [6, 6.07) is 9.56. The van der Waals surface area contributed by atoms with Crippen LogP contribution in [0.25, 0.3) is 0 Å². The molecule has 0 aliphatic carbocycles. The van der Waals surface area contributed by atoms with Gasteiger partial charge in [-0.25, -0.2) is 0 Å². The fraction of sp³-hybridized carbons (Fsp3) is 0.222. The molecule has 0 radical (unpaired) electrons. The number of hydrogen-bond acceptors (Lipinski definition) is 5. The highest BCUT2D eigenvalue weighted by Gasteiger charge is 2.21. The molecule has 1 aromatic carbocycles. The third-order valence-corrected chi connectivity index (χ3v) is 4.55. The Kier molecular flexibility index (Phi) is 4.39. The molecule has 0 unspecified atom stereocenters. The standard InChI is InChI=1S/C18H17N3O3S/c22-18(7-13-5-6-25-12-13)20-14-8-19-21(9-14)10-15-11-23-16-3-1-2-4-17(16)24-15/h1-6,8-9,12,15H,7,10-11H2,(H,20,22)/t15-/m0/s1. The van der Waals surface area contributed by atoms with Gasteiger partial charge in [-0.15, -0.1) is 0 Å². The Bertz CT molecular complexity index is 860. The van der Waals surface area contributed by atoms with E-state index in [-0.39, 0.29) is 12.0 Å². The van der Waals surface area contributed by atoms with Crippen LogP contribution >= 0.6 is 11.3 Å². The third-order valence-electron chi connectivity index (χ3n) is 3.82. The zero-order chi connectivity index (χ0) is 17.1. The summed E-state index contributed by atoms with van der Waals surface area (Å²) in [6.45, 7) is 1.02. The summed E-state index contributed by atoms with van der Waals surface area (Å²) in [4.78, 5) is 12.0. The molecule has 0 saturated carbocycles. The van der Waals surface area contributed by atoms with Crippen molar-refractivity contribution in [2.24, 2.45) is 0 Å². The highest BCUT2D eigenvalue weighted by Crippen LogP contribution is 2.31. The number of benzene rings is 1. The Labute approximate surface area is 149 Å². The number of nitrogens with zero attached hydrogens (tertiary/aromatic N) is 2. The molecule has 0 spiro atoms. The predicted octanol–water partition coefficient (Wildman–Crippen LogP) is 2.97. The number of carbonyl (C=O) groups is 1. The minimum Gasteiger partial charge on any atom is -0.486 e. The number of aromatic nitrogens is 2. The van der Waals surface area contributed by atoms with E-state index in [2.05, 4.69) is 10.4 Å². The van der Waals surface area contributed by atoms with Crippen molar-refractivity contribution < 1.29 is 14.3 Å². The van der Waals surface area contributed by atoms with Gasteiger partial charge in [-0.05, 0) is 34.5 Å². The van der Waals surface area contributed by atoms with Crippen LogP contribution in [0.4, 0.5) is 5.69 Å². The molecule has 1 N–H and O–H groups in total. The second-order valence-corrected chi connectivity index (χ2v) is 6.59. The molecule has 0 bridgehead atoms. The number of ether oxygens (including phenoxy) is 2. The molecule has 2 aromatic heterocycles. The quantitative estimate of drug-likeness (QED) is 0.764. The molecule has 6 nitrogen and oxygen atoms in total. The van der Waals surface area contributed by atoms with Crippen molar-refractivity contribution in [2.75, 3.05) is 11.9 Å². The maximum Gasteiger partial charge on any atom is 0.228 e. The minimum atomic E-state index is -0.121. The molecule has 3 heterocycles. The third kappa shape index (κ3) is 3.83. The number of rotatable bonds is 5. The zero-order valence-electron chi connectivity index (χ0n) is 13.4. The molecule has 1 amide bonds. The largest absolute Gasteiger partial charge is 0.486 e. The van der Waals surface area contributed by atoms with Crippen LogP contribution in [-0.4, -0.2) is 28.4 Å². The maximum absolute atomic E-state index is 12.0. The second-order valence-electron chi connectivity index (χ2n) is 5.81. The lowest BCUT2D eigenvalue weighted by Gasteiger charge is -2.26. The number of hydrogen-bond donors (Lipinski definition) is 1. The van der Waals surface area contributed by atoms with E-state index in [9.17, 15) is 4.79 Å². The first-order chi connectivity index (χ1) is 12.3. The average Bonchev–Trinajstić information content (AvgIpc) is 3.27. The number of anilines is 1. The van der Waals surface area contributed by atoms with Crippen LogP contribution in [0.15, 0.2) is 53.5 Å². The second kappa shape index (κ2) is 6.98. The Balaban J connectivity index is 1.33. The van der Waals surface area contributed by atoms with Crippen molar-refractivity contribution in [3.8, 4) is 11.5 Å². The first kappa shape index (κ1) is 15.7. The van der Waals surface area contributed by atoms with E-state index in [0.29, 0.717) is 25.3 Å². The van der Waals surface area contributed by atoms with Gasteiger partial charge in [0, 0.05) is 6.20 Å². The van der Waals surface area contributed by atoms with E-state index in [1.165, 1.54) is 0 Å². The van der Waals surface area contributed by atoms with Crippen LogP contribution in [0.1, 0.15) is 5.56 Å². The lowest BCUT2D eigenvalue weighted by molar-refractivity contribution is -0.115. The highest BCUT2D eigenvalue weighted by atomic mass is 32.1. The van der Waals surface area contributed by atoms with Crippen molar-refractivity contribution in [3.05, 3.63) is 59.0 Å². The Hall–Kier alpha value is -2.80. The molecular weight excluding hydrogens is 338 g/mol. The molecule has 128 valence electrons. The zero-order valence-corrected chi connectivity index (χ0v) is 14.2. The SMILES string of the molecule is O=C(Cc1ccsc1)Nc1cnn(C[C@H]2COc3ccccc3O2)c1. The molecule has 1 atom stereocenters. The molecule has 7 heteroatoms. The van der Waals surface area contributed by atoms with Gasteiger partial charge in [-0.2, -0.15) is 16.4 Å². The van der Waals surface area contributed by atoms with Gasteiger partial charge in [-0.1, -0.05) is 12.1 Å². The van der Waals surface area contributed by atoms with Crippen LogP contribution in [0.2, 0.25) is 0 Å². The average molecular weight is 355 g/mol. The van der Waals surface area contributed by atoms with Crippen LogP contribution in [0.5, 0.6) is 11.5 Å². The summed E-state index contributed by atoms with van der Waals surface area (Å²) in [5, 5.41) is 11.1. The van der Waals surface area contributed by atoms with Gasteiger partial charge >= 0.3 is 0 Å². The Morgan fingerprint density at radius 3 is 3.04 bits per heavy atom. The molecule has 0 fully saturated rings. The van der Waals surface area contributed by atoms with Crippen LogP contribution < -0.4 is 14.8 Å². The van der Waals surface area contributed by atoms with Crippen molar-refractivity contribution >= 4 is 22.9 Å². The minimum absolute atomic E-state index is 0.0517. The molecule has 1 aliphatic heterocycles. The van der Waals surface area contributed by atoms with E-state index >= 15 is 0 Å². The normalized spacial score (nSPS) is 15.8. The molecule has 0 saturated heterocycles. The lowest BCUT2D eigenvalue weighted by atomic mass is 10.2. The molecule has 3 aromatic rings. The Morgan fingerprint density at radius 2 is 2.20 bits per heavy atom. The van der Waals surface area contributed by atoms with E-state index < -0.39 is 0 Å².